The summed E-state index contributed by atoms with van der Waals surface area (Å²) in [7, 11) is 0. The van der Waals surface area contributed by atoms with Crippen LogP contribution in [0, 0.1) is 0 Å². The van der Waals surface area contributed by atoms with Gasteiger partial charge in [-0.25, -0.2) is 9.48 Å². The summed E-state index contributed by atoms with van der Waals surface area (Å²) < 4.78 is 1.41. The van der Waals surface area contributed by atoms with Gasteiger partial charge in [-0.2, -0.15) is 11.8 Å². The summed E-state index contributed by atoms with van der Waals surface area (Å²) >= 11 is 1.53. The minimum atomic E-state index is -1.16. The summed E-state index contributed by atoms with van der Waals surface area (Å²) in [4.78, 5) is 23.6. The van der Waals surface area contributed by atoms with Crippen LogP contribution in [-0.4, -0.2) is 49.0 Å². The second-order valence-corrected chi connectivity index (χ2v) is 6.51. The van der Waals surface area contributed by atoms with Crippen molar-refractivity contribution in [3.05, 3.63) is 36.5 Å². The molecule has 1 saturated heterocycles. The summed E-state index contributed by atoms with van der Waals surface area (Å²) in [5.41, 5.74) is 0.418. The SMILES string of the molecule is O=C(Cn1cc(-c2ccccc2)nn1)NC1(C(=O)O)CCSC1. The molecule has 1 unspecified atom stereocenters. The van der Waals surface area contributed by atoms with Gasteiger partial charge in [-0.15, -0.1) is 5.10 Å². The van der Waals surface area contributed by atoms with Crippen LogP contribution >= 0.6 is 11.8 Å². The Kier molecular flexibility index (Phi) is 4.33. The van der Waals surface area contributed by atoms with Gasteiger partial charge in [0.2, 0.25) is 5.91 Å². The van der Waals surface area contributed by atoms with Gasteiger partial charge in [0.1, 0.15) is 17.8 Å². The van der Waals surface area contributed by atoms with Crippen LogP contribution in [0.1, 0.15) is 6.42 Å². The van der Waals surface area contributed by atoms with Gasteiger partial charge in [-0.3, -0.25) is 4.79 Å². The van der Waals surface area contributed by atoms with Crippen molar-refractivity contribution in [1.29, 1.82) is 0 Å². The zero-order valence-electron chi connectivity index (χ0n) is 12.3. The highest BCUT2D eigenvalue weighted by molar-refractivity contribution is 7.99. The van der Waals surface area contributed by atoms with E-state index in [1.54, 1.807) is 6.20 Å². The number of aromatic nitrogens is 3. The lowest BCUT2D eigenvalue weighted by atomic mass is 9.99. The fourth-order valence-corrected chi connectivity index (χ4v) is 3.78. The molecule has 1 aromatic carbocycles. The highest BCUT2D eigenvalue weighted by atomic mass is 32.2. The number of aliphatic carboxylic acids is 1. The van der Waals surface area contributed by atoms with Crippen molar-refractivity contribution in [1.82, 2.24) is 20.3 Å². The topological polar surface area (TPSA) is 97.1 Å². The van der Waals surface area contributed by atoms with E-state index in [9.17, 15) is 14.7 Å². The minimum absolute atomic E-state index is 0.0560. The van der Waals surface area contributed by atoms with Crippen LogP contribution in [0.2, 0.25) is 0 Å². The molecule has 2 heterocycles. The monoisotopic (exact) mass is 332 g/mol. The van der Waals surface area contributed by atoms with Crippen molar-refractivity contribution in [3.63, 3.8) is 0 Å². The van der Waals surface area contributed by atoms with E-state index in [2.05, 4.69) is 15.6 Å². The molecule has 0 aliphatic carbocycles. The van der Waals surface area contributed by atoms with Crippen molar-refractivity contribution in [2.24, 2.45) is 0 Å². The standard InChI is InChI=1S/C15H16N4O3S/c20-13(16-15(14(21)22)6-7-23-10-15)9-19-8-12(17-18-19)11-4-2-1-3-5-11/h1-5,8H,6-7,9-10H2,(H,16,20)(H,21,22). The van der Waals surface area contributed by atoms with Crippen molar-refractivity contribution in [3.8, 4) is 11.3 Å². The van der Waals surface area contributed by atoms with Crippen molar-refractivity contribution in [2.75, 3.05) is 11.5 Å². The van der Waals surface area contributed by atoms with Gasteiger partial charge in [-0.05, 0) is 12.2 Å². The molecule has 2 N–H and O–H groups in total. The fraction of sp³-hybridized carbons (Fsp3) is 0.333. The zero-order chi connectivity index (χ0) is 16.3. The van der Waals surface area contributed by atoms with Crippen LogP contribution < -0.4 is 5.32 Å². The molecule has 1 aliphatic heterocycles. The molecule has 7 nitrogen and oxygen atoms in total. The third-order valence-electron chi connectivity index (χ3n) is 3.72. The van der Waals surface area contributed by atoms with E-state index in [0.29, 0.717) is 17.9 Å². The molecule has 1 fully saturated rings. The number of carboxylic acids is 1. The molecule has 1 aliphatic rings. The van der Waals surface area contributed by atoms with Crippen LogP contribution in [0.4, 0.5) is 0 Å². The second-order valence-electron chi connectivity index (χ2n) is 5.41. The fourth-order valence-electron chi connectivity index (χ4n) is 2.46. The van der Waals surface area contributed by atoms with Crippen molar-refractivity contribution < 1.29 is 14.7 Å². The number of nitrogens with zero attached hydrogens (tertiary/aromatic N) is 3. The number of thioether (sulfide) groups is 1. The smallest absolute Gasteiger partial charge is 0.330 e. The van der Waals surface area contributed by atoms with E-state index in [1.165, 1.54) is 16.4 Å². The lowest BCUT2D eigenvalue weighted by Gasteiger charge is -2.24. The van der Waals surface area contributed by atoms with E-state index in [-0.39, 0.29) is 12.5 Å². The third-order valence-corrected chi connectivity index (χ3v) is 4.91. The highest BCUT2D eigenvalue weighted by Gasteiger charge is 2.43. The molecular weight excluding hydrogens is 316 g/mol. The average molecular weight is 332 g/mol. The molecule has 23 heavy (non-hydrogen) atoms. The summed E-state index contributed by atoms with van der Waals surface area (Å²) in [5.74, 6) is -0.242. The summed E-state index contributed by atoms with van der Waals surface area (Å²) in [5, 5.41) is 20.0. The van der Waals surface area contributed by atoms with Gasteiger partial charge in [0, 0.05) is 11.3 Å². The van der Waals surface area contributed by atoms with Crippen LogP contribution in [0.3, 0.4) is 0 Å². The molecule has 0 bridgehead atoms. The van der Waals surface area contributed by atoms with Gasteiger partial charge in [0.25, 0.3) is 0 Å². The molecule has 0 saturated carbocycles. The Balaban J connectivity index is 1.67. The first-order valence-electron chi connectivity index (χ1n) is 7.17. The van der Waals surface area contributed by atoms with E-state index < -0.39 is 11.5 Å². The third kappa shape index (κ3) is 3.37. The quantitative estimate of drug-likeness (QED) is 0.848. The molecule has 1 aromatic heterocycles. The minimum Gasteiger partial charge on any atom is -0.479 e. The number of benzene rings is 1. The normalized spacial score (nSPS) is 20.3. The maximum absolute atomic E-state index is 12.2. The maximum Gasteiger partial charge on any atom is 0.330 e. The predicted molar refractivity (Wildman–Crippen MR) is 85.9 cm³/mol. The van der Waals surface area contributed by atoms with E-state index in [1.807, 2.05) is 30.3 Å². The Morgan fingerprint density at radius 1 is 1.35 bits per heavy atom. The first-order valence-corrected chi connectivity index (χ1v) is 8.32. The van der Waals surface area contributed by atoms with Gasteiger partial charge < -0.3 is 10.4 Å². The molecule has 1 atom stereocenters. The number of rotatable bonds is 5. The lowest BCUT2D eigenvalue weighted by molar-refractivity contribution is -0.146. The molecule has 1 amide bonds. The summed E-state index contributed by atoms with van der Waals surface area (Å²) in [6.07, 6.45) is 2.11. The van der Waals surface area contributed by atoms with E-state index in [0.717, 1.165) is 11.3 Å². The Morgan fingerprint density at radius 3 is 2.78 bits per heavy atom. The maximum atomic E-state index is 12.2. The first kappa shape index (κ1) is 15.5. The van der Waals surface area contributed by atoms with E-state index in [4.69, 9.17) is 0 Å². The van der Waals surface area contributed by atoms with E-state index >= 15 is 0 Å². The van der Waals surface area contributed by atoms with Crippen LogP contribution in [0.15, 0.2) is 36.5 Å². The van der Waals surface area contributed by atoms with Crippen molar-refractivity contribution >= 4 is 23.6 Å². The highest BCUT2D eigenvalue weighted by Crippen LogP contribution is 2.28. The molecule has 0 radical (unpaired) electrons. The number of carbonyl (C=O) groups is 2. The van der Waals surface area contributed by atoms with Gasteiger partial charge in [0.15, 0.2) is 0 Å². The Bertz CT molecular complexity index is 711. The number of carboxylic acid groups (broad SMARTS) is 1. The predicted octanol–water partition coefficient (Wildman–Crippen LogP) is 1.02. The number of nitrogens with one attached hydrogen (secondary N) is 1. The lowest BCUT2D eigenvalue weighted by Crippen LogP contribution is -2.55. The zero-order valence-corrected chi connectivity index (χ0v) is 13.1. The van der Waals surface area contributed by atoms with Crippen molar-refractivity contribution in [2.45, 2.75) is 18.5 Å². The Hall–Kier alpha value is -2.35. The number of hydrogen-bond acceptors (Lipinski definition) is 5. The second kappa shape index (κ2) is 6.41. The Morgan fingerprint density at radius 2 is 2.13 bits per heavy atom. The molecule has 2 aromatic rings. The Labute approximate surface area is 137 Å². The molecule has 8 heteroatoms. The molecule has 120 valence electrons. The first-order chi connectivity index (χ1) is 11.1. The largest absolute Gasteiger partial charge is 0.479 e. The number of hydrogen-bond donors (Lipinski definition) is 2. The molecule has 3 rings (SSSR count). The van der Waals surface area contributed by atoms with Crippen LogP contribution in [0.25, 0.3) is 11.3 Å². The van der Waals surface area contributed by atoms with Crippen LogP contribution in [0.5, 0.6) is 0 Å². The van der Waals surface area contributed by atoms with Crippen LogP contribution in [-0.2, 0) is 16.1 Å². The van der Waals surface area contributed by atoms with Gasteiger partial charge in [0.05, 0.1) is 6.20 Å². The number of carbonyl (C=O) groups excluding carboxylic acids is 1. The molecule has 0 spiro atoms. The number of amides is 1. The summed E-state index contributed by atoms with van der Waals surface area (Å²) in [6.45, 7) is -0.0560. The summed E-state index contributed by atoms with van der Waals surface area (Å²) in [6, 6.07) is 9.52. The van der Waals surface area contributed by atoms with Gasteiger partial charge in [-0.1, -0.05) is 35.5 Å². The van der Waals surface area contributed by atoms with Gasteiger partial charge >= 0.3 is 5.97 Å². The molecular formula is C15H16N4O3S. The average Bonchev–Trinajstić information content (AvgIpc) is 3.18.